The van der Waals surface area contributed by atoms with Gasteiger partial charge in [0.05, 0.1) is 0 Å². The van der Waals surface area contributed by atoms with Gasteiger partial charge in [-0.3, -0.25) is 0 Å². The SMILES string of the molecule is O=C(Nc1ccccc1)NC1(C(=O)O)CCSC1. The van der Waals surface area contributed by atoms with Crippen LogP contribution < -0.4 is 10.6 Å². The quantitative estimate of drug-likeness (QED) is 0.779. The zero-order valence-electron chi connectivity index (χ0n) is 9.68. The number of thioether (sulfide) groups is 1. The Morgan fingerprint density at radius 3 is 2.56 bits per heavy atom. The Hall–Kier alpha value is -1.69. The molecular formula is C12H14N2O3S. The molecule has 2 rings (SSSR count). The number of nitrogens with one attached hydrogen (secondary N) is 2. The molecule has 18 heavy (non-hydrogen) atoms. The summed E-state index contributed by atoms with van der Waals surface area (Å²) in [6.07, 6.45) is 0.454. The maximum Gasteiger partial charge on any atom is 0.330 e. The van der Waals surface area contributed by atoms with Gasteiger partial charge in [0.25, 0.3) is 0 Å². The lowest BCUT2D eigenvalue weighted by molar-refractivity contribution is -0.143. The van der Waals surface area contributed by atoms with Gasteiger partial charge in [-0.25, -0.2) is 9.59 Å². The smallest absolute Gasteiger partial charge is 0.330 e. The molecule has 1 fully saturated rings. The molecule has 3 N–H and O–H groups in total. The first-order valence-electron chi connectivity index (χ1n) is 5.58. The van der Waals surface area contributed by atoms with Crippen molar-refractivity contribution in [3.05, 3.63) is 30.3 Å². The number of amides is 2. The van der Waals surface area contributed by atoms with E-state index in [0.29, 0.717) is 17.9 Å². The van der Waals surface area contributed by atoms with Gasteiger partial charge in [-0.1, -0.05) is 18.2 Å². The number of aliphatic carboxylic acids is 1. The zero-order valence-corrected chi connectivity index (χ0v) is 10.5. The highest BCUT2D eigenvalue weighted by atomic mass is 32.2. The van der Waals surface area contributed by atoms with Crippen molar-refractivity contribution in [2.45, 2.75) is 12.0 Å². The molecule has 1 aromatic carbocycles. The second-order valence-electron chi connectivity index (χ2n) is 4.13. The van der Waals surface area contributed by atoms with E-state index in [9.17, 15) is 14.7 Å². The molecule has 2 amide bonds. The Labute approximate surface area is 109 Å². The first kappa shape index (κ1) is 12.8. The van der Waals surface area contributed by atoms with Gasteiger partial charge in [-0.2, -0.15) is 11.8 Å². The summed E-state index contributed by atoms with van der Waals surface area (Å²) < 4.78 is 0. The standard InChI is InChI=1S/C12H14N2O3S/c15-10(16)12(6-7-18-8-12)14-11(17)13-9-4-2-1-3-5-9/h1-5H,6-8H2,(H,15,16)(H2,13,14,17). The highest BCUT2D eigenvalue weighted by molar-refractivity contribution is 7.99. The van der Waals surface area contributed by atoms with E-state index in [4.69, 9.17) is 0 Å². The Balaban J connectivity index is 2.00. The van der Waals surface area contributed by atoms with Crippen molar-refractivity contribution in [1.29, 1.82) is 0 Å². The summed E-state index contributed by atoms with van der Waals surface area (Å²) in [6.45, 7) is 0. The topological polar surface area (TPSA) is 78.4 Å². The molecule has 6 heteroatoms. The minimum atomic E-state index is -1.14. The molecule has 1 aromatic rings. The Morgan fingerprint density at radius 1 is 1.28 bits per heavy atom. The maximum absolute atomic E-state index is 11.8. The number of rotatable bonds is 3. The van der Waals surface area contributed by atoms with Crippen LogP contribution in [0.25, 0.3) is 0 Å². The number of carbonyl (C=O) groups excluding carboxylic acids is 1. The Kier molecular flexibility index (Phi) is 3.76. The molecule has 1 atom stereocenters. The van der Waals surface area contributed by atoms with E-state index in [1.54, 1.807) is 24.3 Å². The summed E-state index contributed by atoms with van der Waals surface area (Å²) in [4.78, 5) is 23.0. The summed E-state index contributed by atoms with van der Waals surface area (Å²) in [6, 6.07) is 8.45. The van der Waals surface area contributed by atoms with Gasteiger partial charge in [-0.15, -0.1) is 0 Å². The molecule has 1 saturated heterocycles. The fourth-order valence-electron chi connectivity index (χ4n) is 1.79. The summed E-state index contributed by atoms with van der Waals surface area (Å²) >= 11 is 1.53. The first-order valence-corrected chi connectivity index (χ1v) is 6.73. The number of para-hydroxylation sites is 1. The third-order valence-corrected chi connectivity index (χ3v) is 4.01. The molecular weight excluding hydrogens is 252 g/mol. The van der Waals surface area contributed by atoms with E-state index < -0.39 is 17.5 Å². The monoisotopic (exact) mass is 266 g/mol. The molecule has 1 heterocycles. The molecule has 1 aliphatic rings. The number of hydrogen-bond acceptors (Lipinski definition) is 3. The van der Waals surface area contributed by atoms with Crippen molar-refractivity contribution in [3.8, 4) is 0 Å². The van der Waals surface area contributed by atoms with Gasteiger partial charge >= 0.3 is 12.0 Å². The molecule has 0 bridgehead atoms. The Morgan fingerprint density at radius 2 is 2.00 bits per heavy atom. The highest BCUT2D eigenvalue weighted by Crippen LogP contribution is 2.28. The normalized spacial score (nSPS) is 22.4. The van der Waals surface area contributed by atoms with E-state index in [0.717, 1.165) is 5.75 Å². The predicted octanol–water partition coefficient (Wildman–Crippen LogP) is 1.77. The average molecular weight is 266 g/mol. The number of benzene rings is 1. The molecule has 96 valence electrons. The van der Waals surface area contributed by atoms with E-state index >= 15 is 0 Å². The van der Waals surface area contributed by atoms with E-state index in [-0.39, 0.29) is 0 Å². The van der Waals surface area contributed by atoms with Crippen molar-refractivity contribution >= 4 is 29.4 Å². The molecule has 0 spiro atoms. The summed E-state index contributed by atoms with van der Waals surface area (Å²) in [7, 11) is 0. The van der Waals surface area contributed by atoms with Crippen LogP contribution in [0.2, 0.25) is 0 Å². The molecule has 5 nitrogen and oxygen atoms in total. The number of carbonyl (C=O) groups is 2. The van der Waals surface area contributed by atoms with Gasteiger partial charge in [-0.05, 0) is 24.3 Å². The number of carboxylic acid groups (broad SMARTS) is 1. The summed E-state index contributed by atoms with van der Waals surface area (Å²) in [5.41, 5.74) is -0.495. The predicted molar refractivity (Wildman–Crippen MR) is 70.9 cm³/mol. The van der Waals surface area contributed by atoms with E-state index in [1.807, 2.05) is 6.07 Å². The lowest BCUT2D eigenvalue weighted by atomic mass is 10.00. The van der Waals surface area contributed by atoms with Crippen molar-refractivity contribution < 1.29 is 14.7 Å². The largest absolute Gasteiger partial charge is 0.479 e. The van der Waals surface area contributed by atoms with Crippen molar-refractivity contribution in [3.63, 3.8) is 0 Å². The third-order valence-electron chi connectivity index (χ3n) is 2.82. The molecule has 1 aliphatic heterocycles. The van der Waals surface area contributed by atoms with Crippen LogP contribution >= 0.6 is 11.8 Å². The summed E-state index contributed by atoms with van der Waals surface area (Å²) in [5.74, 6) is 0.179. The molecule has 0 aromatic heterocycles. The van der Waals surface area contributed by atoms with Crippen LogP contribution in [-0.2, 0) is 4.79 Å². The molecule has 0 aliphatic carbocycles. The number of urea groups is 1. The van der Waals surface area contributed by atoms with Crippen LogP contribution in [0.4, 0.5) is 10.5 Å². The number of anilines is 1. The van der Waals surface area contributed by atoms with Crippen molar-refractivity contribution in [2.75, 3.05) is 16.8 Å². The second kappa shape index (κ2) is 5.30. The van der Waals surface area contributed by atoms with E-state index in [2.05, 4.69) is 10.6 Å². The average Bonchev–Trinajstić information content (AvgIpc) is 2.80. The van der Waals surface area contributed by atoms with Crippen LogP contribution in [0, 0.1) is 0 Å². The van der Waals surface area contributed by atoms with Gasteiger partial charge in [0.1, 0.15) is 5.54 Å². The molecule has 1 unspecified atom stereocenters. The van der Waals surface area contributed by atoms with Crippen molar-refractivity contribution in [2.24, 2.45) is 0 Å². The fraction of sp³-hybridized carbons (Fsp3) is 0.333. The van der Waals surface area contributed by atoms with Gasteiger partial charge in [0.2, 0.25) is 0 Å². The molecule has 0 radical (unpaired) electrons. The number of carboxylic acids is 1. The fourth-order valence-corrected chi connectivity index (χ4v) is 3.11. The minimum Gasteiger partial charge on any atom is -0.479 e. The van der Waals surface area contributed by atoms with E-state index in [1.165, 1.54) is 11.8 Å². The zero-order chi connectivity index (χ0) is 13.0. The first-order chi connectivity index (χ1) is 8.62. The Bertz CT molecular complexity index is 444. The minimum absolute atomic E-state index is 0.407. The van der Waals surface area contributed by atoms with Crippen LogP contribution in [0.3, 0.4) is 0 Å². The third kappa shape index (κ3) is 2.76. The highest BCUT2D eigenvalue weighted by Gasteiger charge is 2.43. The lowest BCUT2D eigenvalue weighted by Gasteiger charge is -2.24. The van der Waals surface area contributed by atoms with Crippen LogP contribution in [0.15, 0.2) is 30.3 Å². The van der Waals surface area contributed by atoms with Crippen LogP contribution in [0.5, 0.6) is 0 Å². The second-order valence-corrected chi connectivity index (χ2v) is 5.24. The van der Waals surface area contributed by atoms with Gasteiger partial charge in [0.15, 0.2) is 0 Å². The lowest BCUT2D eigenvalue weighted by Crippen LogP contribution is -2.55. The van der Waals surface area contributed by atoms with Crippen molar-refractivity contribution in [1.82, 2.24) is 5.32 Å². The van der Waals surface area contributed by atoms with Gasteiger partial charge in [0, 0.05) is 11.4 Å². The van der Waals surface area contributed by atoms with Crippen LogP contribution in [-0.4, -0.2) is 34.2 Å². The van der Waals surface area contributed by atoms with Crippen LogP contribution in [0.1, 0.15) is 6.42 Å². The number of hydrogen-bond donors (Lipinski definition) is 3. The summed E-state index contributed by atoms with van der Waals surface area (Å²) in [5, 5.41) is 14.4. The maximum atomic E-state index is 11.8. The van der Waals surface area contributed by atoms with Gasteiger partial charge < -0.3 is 15.7 Å². The molecule has 0 saturated carbocycles.